The van der Waals surface area contributed by atoms with E-state index in [0.717, 1.165) is 12.3 Å². The molecule has 0 radical (unpaired) electrons. The third kappa shape index (κ3) is 3.99. The van der Waals surface area contributed by atoms with E-state index in [-0.39, 0.29) is 0 Å². The molecule has 0 saturated heterocycles. The number of hydrogen-bond acceptors (Lipinski definition) is 2. The smallest absolute Gasteiger partial charge is 0.333 e. The molecule has 15 heavy (non-hydrogen) atoms. The minimum atomic E-state index is -4.32. The van der Waals surface area contributed by atoms with Gasteiger partial charge < -0.3 is 4.72 Å². The molecule has 0 aliphatic rings. The van der Waals surface area contributed by atoms with Gasteiger partial charge in [-0.25, -0.2) is 4.98 Å². The molecule has 1 rings (SSSR count). The van der Waals surface area contributed by atoms with E-state index in [2.05, 4.69) is 9.71 Å². The van der Waals surface area contributed by atoms with E-state index in [1.54, 1.807) is 0 Å². The molecule has 0 amide bonds. The first kappa shape index (κ1) is 12.2. The highest BCUT2D eigenvalue weighted by Gasteiger charge is 2.30. The zero-order valence-electron chi connectivity index (χ0n) is 8.72. The topological polar surface area (TPSA) is 24.9 Å². The van der Waals surface area contributed by atoms with Crippen LogP contribution >= 0.6 is 10.2 Å². The van der Waals surface area contributed by atoms with E-state index in [1.807, 2.05) is 18.8 Å². The monoisotopic (exact) mass is 238 g/mol. The van der Waals surface area contributed by atoms with Gasteiger partial charge in [-0.1, -0.05) is 0 Å². The van der Waals surface area contributed by atoms with Crippen LogP contribution < -0.4 is 4.72 Å². The number of aromatic nitrogens is 1. The van der Waals surface area contributed by atoms with E-state index in [0.29, 0.717) is 5.82 Å². The lowest BCUT2D eigenvalue weighted by molar-refractivity contribution is -0.137. The average Bonchev–Trinajstić information content (AvgIpc) is 2.00. The summed E-state index contributed by atoms with van der Waals surface area (Å²) in [4.78, 5) is 3.72. The Morgan fingerprint density at radius 2 is 1.80 bits per heavy atom. The summed E-state index contributed by atoms with van der Waals surface area (Å²) in [5.41, 5.74) is -0.725. The summed E-state index contributed by atoms with van der Waals surface area (Å²) in [7, 11) is -1.02. The SMILES string of the molecule is CS(C)(C)Nc1ccc(C(F)(F)F)cn1. The molecule has 0 spiro atoms. The van der Waals surface area contributed by atoms with Crippen LogP contribution in [0.3, 0.4) is 0 Å². The molecule has 0 unspecified atom stereocenters. The van der Waals surface area contributed by atoms with Gasteiger partial charge in [0, 0.05) is 6.20 Å². The molecule has 6 heteroatoms. The predicted octanol–water partition coefficient (Wildman–Crippen LogP) is 3.12. The van der Waals surface area contributed by atoms with Gasteiger partial charge in [-0.15, -0.1) is 0 Å². The molecule has 0 fully saturated rings. The molecule has 0 aromatic carbocycles. The van der Waals surface area contributed by atoms with Crippen molar-refractivity contribution in [1.82, 2.24) is 4.98 Å². The molecule has 1 heterocycles. The predicted molar refractivity (Wildman–Crippen MR) is 58.2 cm³/mol. The first-order chi connectivity index (χ1) is 6.68. The van der Waals surface area contributed by atoms with Gasteiger partial charge in [0.2, 0.25) is 0 Å². The van der Waals surface area contributed by atoms with Crippen molar-refractivity contribution < 1.29 is 13.2 Å². The lowest BCUT2D eigenvalue weighted by atomic mass is 10.3. The van der Waals surface area contributed by atoms with Gasteiger partial charge >= 0.3 is 6.18 Å². The molecule has 0 atom stereocenters. The Balaban J connectivity index is 2.82. The van der Waals surface area contributed by atoms with Crippen molar-refractivity contribution in [2.45, 2.75) is 6.18 Å². The van der Waals surface area contributed by atoms with Gasteiger partial charge in [0.1, 0.15) is 5.82 Å². The molecule has 0 aliphatic carbocycles. The van der Waals surface area contributed by atoms with Gasteiger partial charge in [0.05, 0.1) is 5.56 Å². The van der Waals surface area contributed by atoms with Gasteiger partial charge in [0.15, 0.2) is 0 Å². The Labute approximate surface area is 88.4 Å². The number of halogens is 3. The second kappa shape index (κ2) is 3.92. The number of nitrogens with one attached hydrogen (secondary N) is 1. The van der Waals surface area contributed by atoms with Gasteiger partial charge in [0.25, 0.3) is 0 Å². The molecule has 2 nitrogen and oxygen atoms in total. The van der Waals surface area contributed by atoms with Crippen molar-refractivity contribution in [1.29, 1.82) is 0 Å². The number of pyridine rings is 1. The maximum atomic E-state index is 12.2. The summed E-state index contributed by atoms with van der Waals surface area (Å²) < 4.78 is 39.7. The highest BCUT2D eigenvalue weighted by Crippen LogP contribution is 2.35. The summed E-state index contributed by atoms with van der Waals surface area (Å²) in [6, 6.07) is 2.38. The highest BCUT2D eigenvalue weighted by atomic mass is 32.3. The molecule has 86 valence electrons. The maximum Gasteiger partial charge on any atom is 0.417 e. The highest BCUT2D eigenvalue weighted by molar-refractivity contribution is 8.33. The first-order valence-electron chi connectivity index (χ1n) is 4.18. The Bertz CT molecular complexity index is 327. The van der Waals surface area contributed by atoms with Crippen molar-refractivity contribution in [3.8, 4) is 0 Å². The number of hydrogen-bond donors (Lipinski definition) is 1. The third-order valence-electron chi connectivity index (χ3n) is 1.50. The fourth-order valence-corrected chi connectivity index (χ4v) is 1.68. The van der Waals surface area contributed by atoms with Crippen LogP contribution in [0.1, 0.15) is 5.56 Å². The zero-order valence-corrected chi connectivity index (χ0v) is 9.54. The van der Waals surface area contributed by atoms with Crippen LogP contribution in [0.25, 0.3) is 0 Å². The molecule has 1 aromatic heterocycles. The van der Waals surface area contributed by atoms with Crippen molar-refractivity contribution in [2.75, 3.05) is 23.5 Å². The second-order valence-corrected chi connectivity index (χ2v) is 7.75. The second-order valence-electron chi connectivity index (χ2n) is 3.87. The summed E-state index contributed by atoms with van der Waals surface area (Å²) in [6.45, 7) is 0. The van der Waals surface area contributed by atoms with Crippen LogP contribution in [0.15, 0.2) is 18.3 Å². The summed E-state index contributed by atoms with van der Waals surface area (Å²) in [5.74, 6) is 0.477. The van der Waals surface area contributed by atoms with Crippen LogP contribution in [0.5, 0.6) is 0 Å². The van der Waals surface area contributed by atoms with Gasteiger partial charge in [-0.2, -0.15) is 23.4 Å². The van der Waals surface area contributed by atoms with Gasteiger partial charge in [-0.05, 0) is 30.9 Å². The zero-order chi connectivity index (χ0) is 11.7. The summed E-state index contributed by atoms with van der Waals surface area (Å²) in [5, 5.41) is 0. The standard InChI is InChI=1S/C9H13F3N2S/c1-15(2,3)14-8-5-4-7(6-13-8)9(10,11)12/h4-6H,1-3H3,(H,13,14). The normalized spacial score (nSPS) is 13.7. The lowest BCUT2D eigenvalue weighted by Crippen LogP contribution is -2.09. The van der Waals surface area contributed by atoms with E-state index in [9.17, 15) is 13.2 Å². The van der Waals surface area contributed by atoms with Crippen molar-refractivity contribution in [3.05, 3.63) is 23.9 Å². The molecule has 0 aliphatic heterocycles. The molecule has 1 aromatic rings. The molecule has 1 N–H and O–H groups in total. The quantitative estimate of drug-likeness (QED) is 0.856. The summed E-state index contributed by atoms with van der Waals surface area (Å²) >= 11 is 0. The first-order valence-corrected chi connectivity index (χ1v) is 7.03. The minimum absolute atomic E-state index is 0.477. The fourth-order valence-electron chi connectivity index (χ4n) is 0.936. The Kier molecular flexibility index (Phi) is 3.18. The van der Waals surface area contributed by atoms with Crippen molar-refractivity contribution in [2.24, 2.45) is 0 Å². The molecular weight excluding hydrogens is 225 g/mol. The Morgan fingerprint density at radius 1 is 1.20 bits per heavy atom. The largest absolute Gasteiger partial charge is 0.417 e. The van der Waals surface area contributed by atoms with Gasteiger partial charge in [-0.3, -0.25) is 0 Å². The van der Waals surface area contributed by atoms with Crippen LogP contribution in [0, 0.1) is 0 Å². The Hall–Kier alpha value is -0.910. The number of nitrogens with zero attached hydrogens (tertiary/aromatic N) is 1. The van der Waals surface area contributed by atoms with Crippen LogP contribution in [-0.2, 0) is 6.18 Å². The molecular formula is C9H13F3N2S. The van der Waals surface area contributed by atoms with Crippen LogP contribution in [0.4, 0.5) is 19.0 Å². The van der Waals surface area contributed by atoms with Crippen molar-refractivity contribution >= 4 is 16.0 Å². The van der Waals surface area contributed by atoms with Crippen LogP contribution in [0.2, 0.25) is 0 Å². The molecule has 0 saturated carbocycles. The average molecular weight is 238 g/mol. The van der Waals surface area contributed by atoms with Crippen molar-refractivity contribution in [3.63, 3.8) is 0 Å². The molecule has 0 bridgehead atoms. The Morgan fingerprint density at radius 3 is 2.13 bits per heavy atom. The number of alkyl halides is 3. The van der Waals surface area contributed by atoms with E-state index < -0.39 is 22.0 Å². The minimum Gasteiger partial charge on any atom is -0.333 e. The fraction of sp³-hybridized carbons (Fsp3) is 0.444. The third-order valence-corrected chi connectivity index (χ3v) is 2.32. The maximum absolute atomic E-state index is 12.2. The summed E-state index contributed by atoms with van der Waals surface area (Å²) in [6.07, 6.45) is 2.50. The number of rotatable bonds is 2. The number of anilines is 1. The van der Waals surface area contributed by atoms with Crippen LogP contribution in [-0.4, -0.2) is 23.8 Å². The van der Waals surface area contributed by atoms with E-state index >= 15 is 0 Å². The lowest BCUT2D eigenvalue weighted by Gasteiger charge is -2.27. The van der Waals surface area contributed by atoms with E-state index in [1.165, 1.54) is 6.07 Å². The van der Waals surface area contributed by atoms with E-state index in [4.69, 9.17) is 0 Å².